The largest absolute Gasteiger partial charge is 0.461 e. The van der Waals surface area contributed by atoms with Crippen LogP contribution in [0.5, 0.6) is 0 Å². The average molecular weight is 440 g/mol. The number of halogens is 1. The van der Waals surface area contributed by atoms with E-state index in [-0.39, 0.29) is 11.7 Å². The summed E-state index contributed by atoms with van der Waals surface area (Å²) in [7, 11) is 0. The molecule has 1 aromatic carbocycles. The first-order valence-corrected chi connectivity index (χ1v) is 9.84. The lowest BCUT2D eigenvalue weighted by atomic mass is 10.1. The second kappa shape index (κ2) is 8.64. The molecule has 0 bridgehead atoms. The van der Waals surface area contributed by atoms with Crippen molar-refractivity contribution in [3.05, 3.63) is 44.8 Å². The van der Waals surface area contributed by atoms with E-state index in [1.807, 2.05) is 45.0 Å². The maximum atomic E-state index is 12.8. The van der Waals surface area contributed by atoms with Crippen LogP contribution in [0.1, 0.15) is 43.2 Å². The van der Waals surface area contributed by atoms with Gasteiger partial charge in [0.15, 0.2) is 5.69 Å². The molecule has 0 fully saturated rings. The number of benzene rings is 1. The Kier molecular flexibility index (Phi) is 6.77. The third-order valence-electron chi connectivity index (χ3n) is 3.50. The van der Waals surface area contributed by atoms with E-state index in [2.05, 4.69) is 26.2 Å². The normalized spacial score (nSPS) is 11.1. The summed E-state index contributed by atoms with van der Waals surface area (Å²) in [6, 6.07) is 7.19. The fourth-order valence-electron chi connectivity index (χ4n) is 2.18. The Morgan fingerprint density at radius 2 is 2.00 bits per heavy atom. The third kappa shape index (κ3) is 5.28. The first-order chi connectivity index (χ1) is 12.2. The van der Waals surface area contributed by atoms with Gasteiger partial charge in [-0.2, -0.15) is 0 Å². The summed E-state index contributed by atoms with van der Waals surface area (Å²) >= 11 is 4.76. The van der Waals surface area contributed by atoms with E-state index >= 15 is 0 Å². The standard InChI is InChI=1S/C18H22BrN3O3S/c1-5-25-16(23)14-11-26-15(20-14)10-22(18(2,3)4)17(24)21-13-9-7-6-8-12(13)19/h6-9,11H,5,10H2,1-4H3,(H,21,24). The number of carbonyl (C=O) groups is 2. The van der Waals surface area contributed by atoms with Crippen molar-refractivity contribution in [2.45, 2.75) is 39.8 Å². The molecule has 1 N–H and O–H groups in total. The molecular formula is C18H22BrN3O3S. The van der Waals surface area contributed by atoms with Gasteiger partial charge in [0, 0.05) is 15.4 Å². The summed E-state index contributed by atoms with van der Waals surface area (Å²) in [5.41, 5.74) is 0.534. The average Bonchev–Trinajstić information content (AvgIpc) is 3.03. The maximum Gasteiger partial charge on any atom is 0.357 e. The van der Waals surface area contributed by atoms with Gasteiger partial charge in [0.25, 0.3) is 0 Å². The number of thiazole rings is 1. The Bertz CT molecular complexity index is 786. The van der Waals surface area contributed by atoms with Crippen LogP contribution in [-0.2, 0) is 11.3 Å². The van der Waals surface area contributed by atoms with E-state index in [0.29, 0.717) is 23.8 Å². The van der Waals surface area contributed by atoms with Crippen molar-refractivity contribution in [1.29, 1.82) is 0 Å². The number of ether oxygens (including phenoxy) is 1. The van der Waals surface area contributed by atoms with Crippen molar-refractivity contribution in [3.63, 3.8) is 0 Å². The minimum atomic E-state index is -0.449. The second-order valence-electron chi connectivity index (χ2n) is 6.51. The molecule has 1 aromatic heterocycles. The topological polar surface area (TPSA) is 71.5 Å². The molecule has 0 aliphatic rings. The molecule has 0 aliphatic carbocycles. The van der Waals surface area contributed by atoms with Crippen molar-refractivity contribution < 1.29 is 14.3 Å². The number of anilines is 1. The molecule has 6 nitrogen and oxygen atoms in total. The van der Waals surface area contributed by atoms with Crippen molar-refractivity contribution >= 4 is 45.0 Å². The number of urea groups is 1. The molecule has 0 radical (unpaired) electrons. The molecule has 2 amide bonds. The minimum Gasteiger partial charge on any atom is -0.461 e. The van der Waals surface area contributed by atoms with Crippen molar-refractivity contribution in [2.75, 3.05) is 11.9 Å². The van der Waals surface area contributed by atoms with Crippen molar-refractivity contribution in [1.82, 2.24) is 9.88 Å². The highest BCUT2D eigenvalue weighted by molar-refractivity contribution is 9.10. The van der Waals surface area contributed by atoms with Gasteiger partial charge in [-0.15, -0.1) is 11.3 Å². The molecule has 2 rings (SSSR count). The van der Waals surface area contributed by atoms with Crippen LogP contribution in [0.3, 0.4) is 0 Å². The smallest absolute Gasteiger partial charge is 0.357 e. The Morgan fingerprint density at radius 1 is 1.31 bits per heavy atom. The number of nitrogens with zero attached hydrogens (tertiary/aromatic N) is 2. The fourth-order valence-corrected chi connectivity index (χ4v) is 3.31. The van der Waals surface area contributed by atoms with E-state index in [4.69, 9.17) is 4.74 Å². The Balaban J connectivity index is 2.17. The van der Waals surface area contributed by atoms with Gasteiger partial charge < -0.3 is 15.0 Å². The molecule has 0 spiro atoms. The number of rotatable bonds is 5. The van der Waals surface area contributed by atoms with E-state index in [1.54, 1.807) is 17.2 Å². The quantitative estimate of drug-likeness (QED) is 0.671. The number of hydrogen-bond donors (Lipinski definition) is 1. The fraction of sp³-hybridized carbons (Fsp3) is 0.389. The lowest BCUT2D eigenvalue weighted by molar-refractivity contribution is 0.0520. The highest BCUT2D eigenvalue weighted by Gasteiger charge is 2.28. The van der Waals surface area contributed by atoms with Crippen LogP contribution in [0.4, 0.5) is 10.5 Å². The number of aromatic nitrogens is 1. The lowest BCUT2D eigenvalue weighted by Crippen LogP contribution is -2.47. The summed E-state index contributed by atoms with van der Waals surface area (Å²) in [4.78, 5) is 30.6. The third-order valence-corrected chi connectivity index (χ3v) is 5.03. The van der Waals surface area contributed by atoms with Crippen LogP contribution in [0.25, 0.3) is 0 Å². The zero-order chi connectivity index (χ0) is 19.3. The highest BCUT2D eigenvalue weighted by Crippen LogP contribution is 2.25. The molecule has 0 unspecified atom stereocenters. The second-order valence-corrected chi connectivity index (χ2v) is 8.31. The molecule has 8 heteroatoms. The zero-order valence-electron chi connectivity index (χ0n) is 15.2. The Morgan fingerprint density at radius 3 is 2.62 bits per heavy atom. The van der Waals surface area contributed by atoms with E-state index < -0.39 is 11.5 Å². The molecule has 0 atom stereocenters. The van der Waals surface area contributed by atoms with Gasteiger partial charge in [-0.25, -0.2) is 14.6 Å². The number of hydrogen-bond acceptors (Lipinski definition) is 5. The summed E-state index contributed by atoms with van der Waals surface area (Å²) < 4.78 is 5.77. The molecule has 0 saturated carbocycles. The van der Waals surface area contributed by atoms with E-state index in [1.165, 1.54) is 11.3 Å². The zero-order valence-corrected chi connectivity index (χ0v) is 17.6. The number of amides is 2. The Labute approximate surface area is 165 Å². The van der Waals surface area contributed by atoms with Crippen LogP contribution in [0.15, 0.2) is 34.1 Å². The predicted octanol–water partition coefficient (Wildman–Crippen LogP) is 4.91. The SMILES string of the molecule is CCOC(=O)c1csc(CN(C(=O)Nc2ccccc2Br)C(C)(C)C)n1. The van der Waals surface area contributed by atoms with Gasteiger partial charge >= 0.3 is 12.0 Å². The van der Waals surface area contributed by atoms with Gasteiger partial charge in [0.1, 0.15) is 5.01 Å². The summed E-state index contributed by atoms with van der Waals surface area (Å²) in [6.45, 7) is 8.20. The van der Waals surface area contributed by atoms with Crippen LogP contribution >= 0.6 is 27.3 Å². The van der Waals surface area contributed by atoms with Gasteiger partial charge in [0.05, 0.1) is 18.8 Å². The van der Waals surface area contributed by atoms with Gasteiger partial charge in [-0.3, -0.25) is 0 Å². The Hall–Kier alpha value is -1.93. The minimum absolute atomic E-state index is 0.239. The van der Waals surface area contributed by atoms with Crippen LogP contribution < -0.4 is 5.32 Å². The molecule has 140 valence electrons. The van der Waals surface area contributed by atoms with Gasteiger partial charge in [-0.1, -0.05) is 12.1 Å². The predicted molar refractivity (Wildman–Crippen MR) is 107 cm³/mol. The van der Waals surface area contributed by atoms with Crippen LogP contribution in [0, 0.1) is 0 Å². The molecule has 1 heterocycles. The van der Waals surface area contributed by atoms with Crippen LogP contribution in [0.2, 0.25) is 0 Å². The summed E-state index contributed by atoms with van der Waals surface area (Å²) in [5, 5.41) is 5.24. The lowest BCUT2D eigenvalue weighted by Gasteiger charge is -2.35. The molecular weight excluding hydrogens is 418 g/mol. The molecule has 0 aliphatic heterocycles. The van der Waals surface area contributed by atoms with E-state index in [0.717, 1.165) is 4.47 Å². The monoisotopic (exact) mass is 439 g/mol. The number of nitrogens with one attached hydrogen (secondary N) is 1. The number of esters is 1. The molecule has 0 saturated heterocycles. The van der Waals surface area contributed by atoms with E-state index in [9.17, 15) is 9.59 Å². The number of para-hydroxylation sites is 1. The maximum absolute atomic E-state index is 12.8. The van der Waals surface area contributed by atoms with Gasteiger partial charge in [-0.05, 0) is 55.8 Å². The number of carbonyl (C=O) groups excluding carboxylic acids is 2. The highest BCUT2D eigenvalue weighted by atomic mass is 79.9. The summed E-state index contributed by atoms with van der Waals surface area (Å²) in [5.74, 6) is -0.449. The molecule has 26 heavy (non-hydrogen) atoms. The van der Waals surface area contributed by atoms with Crippen molar-refractivity contribution in [3.8, 4) is 0 Å². The first-order valence-electron chi connectivity index (χ1n) is 8.17. The first kappa shape index (κ1) is 20.4. The summed E-state index contributed by atoms with van der Waals surface area (Å²) in [6.07, 6.45) is 0. The van der Waals surface area contributed by atoms with Crippen LogP contribution in [-0.4, -0.2) is 34.0 Å². The molecule has 2 aromatic rings. The van der Waals surface area contributed by atoms with Gasteiger partial charge in [0.2, 0.25) is 0 Å². The van der Waals surface area contributed by atoms with Crippen molar-refractivity contribution in [2.24, 2.45) is 0 Å².